The third-order valence-electron chi connectivity index (χ3n) is 3.72. The second kappa shape index (κ2) is 6.81. The van der Waals surface area contributed by atoms with Crippen LogP contribution < -0.4 is 14.8 Å². The van der Waals surface area contributed by atoms with Crippen LogP contribution in [0.1, 0.15) is 29.8 Å². The molecule has 2 aromatic carbocycles. The molecule has 2 aromatic rings. The highest BCUT2D eigenvalue weighted by molar-refractivity contribution is 9.10. The van der Waals surface area contributed by atoms with Gasteiger partial charge >= 0.3 is 0 Å². The number of amides is 1. The van der Waals surface area contributed by atoms with Gasteiger partial charge in [0.1, 0.15) is 23.4 Å². The Kier molecular flexibility index (Phi) is 4.76. The van der Waals surface area contributed by atoms with Gasteiger partial charge in [-0.1, -0.05) is 15.9 Å². The van der Waals surface area contributed by atoms with E-state index in [4.69, 9.17) is 9.47 Å². The van der Waals surface area contributed by atoms with Crippen molar-refractivity contribution < 1.29 is 18.7 Å². The van der Waals surface area contributed by atoms with Crippen molar-refractivity contribution in [2.75, 3.05) is 11.9 Å². The molecule has 0 saturated heterocycles. The fourth-order valence-corrected chi connectivity index (χ4v) is 3.03. The van der Waals surface area contributed by atoms with E-state index < -0.39 is 11.7 Å². The Balaban J connectivity index is 1.92. The minimum Gasteiger partial charge on any atom is -0.492 e. The molecule has 1 aliphatic heterocycles. The summed E-state index contributed by atoms with van der Waals surface area (Å²) in [4.78, 5) is 12.4. The molecule has 4 nitrogen and oxygen atoms in total. The molecule has 6 heteroatoms. The first-order chi connectivity index (χ1) is 11.5. The van der Waals surface area contributed by atoms with Crippen LogP contribution in [0.25, 0.3) is 0 Å². The van der Waals surface area contributed by atoms with E-state index >= 15 is 0 Å². The number of rotatable bonds is 4. The number of nitrogens with one attached hydrogen (secondary N) is 1. The quantitative estimate of drug-likeness (QED) is 0.827. The Hall–Kier alpha value is -2.08. The molecule has 0 radical (unpaired) electrons. The van der Waals surface area contributed by atoms with Gasteiger partial charge in [0.2, 0.25) is 0 Å². The van der Waals surface area contributed by atoms with Crippen molar-refractivity contribution in [3.05, 3.63) is 51.7 Å². The standard InChI is InChI=1S/C18H17BrFNO3/c1-3-23-17-7-11-6-10(2)24-16(11)9-15(17)21-18(22)13-8-12(19)4-5-14(13)20/h4-5,7-10H,3,6H2,1-2H3,(H,21,22). The van der Waals surface area contributed by atoms with Gasteiger partial charge in [0, 0.05) is 22.5 Å². The maximum Gasteiger partial charge on any atom is 0.258 e. The molecule has 3 rings (SSSR count). The lowest BCUT2D eigenvalue weighted by Crippen LogP contribution is -2.15. The van der Waals surface area contributed by atoms with Gasteiger partial charge in [0.25, 0.3) is 5.91 Å². The molecule has 0 spiro atoms. The van der Waals surface area contributed by atoms with Crippen LogP contribution in [-0.4, -0.2) is 18.6 Å². The molecule has 126 valence electrons. The number of hydrogen-bond donors (Lipinski definition) is 1. The molecular formula is C18H17BrFNO3. The summed E-state index contributed by atoms with van der Waals surface area (Å²) in [6.45, 7) is 4.31. The average molecular weight is 394 g/mol. The van der Waals surface area contributed by atoms with E-state index in [1.165, 1.54) is 12.1 Å². The summed E-state index contributed by atoms with van der Waals surface area (Å²) in [5.41, 5.74) is 1.47. The molecule has 1 heterocycles. The van der Waals surface area contributed by atoms with Crippen molar-refractivity contribution in [3.8, 4) is 11.5 Å². The van der Waals surface area contributed by atoms with Crippen LogP contribution in [0.4, 0.5) is 10.1 Å². The summed E-state index contributed by atoms with van der Waals surface area (Å²) in [5, 5.41) is 2.72. The van der Waals surface area contributed by atoms with Crippen LogP contribution in [0.5, 0.6) is 11.5 Å². The maximum atomic E-state index is 13.9. The SMILES string of the molecule is CCOc1cc2c(cc1NC(=O)c1cc(Br)ccc1F)OC(C)C2. The number of ether oxygens (including phenoxy) is 2. The summed E-state index contributed by atoms with van der Waals surface area (Å²) >= 11 is 3.25. The zero-order valence-corrected chi connectivity index (χ0v) is 14.9. The van der Waals surface area contributed by atoms with E-state index in [0.717, 1.165) is 17.7 Å². The Labute approximate surface area is 148 Å². The molecule has 1 N–H and O–H groups in total. The summed E-state index contributed by atoms with van der Waals surface area (Å²) in [5.74, 6) is 0.147. The van der Waals surface area contributed by atoms with Gasteiger partial charge in [-0.3, -0.25) is 4.79 Å². The number of hydrogen-bond acceptors (Lipinski definition) is 3. The monoisotopic (exact) mass is 393 g/mol. The van der Waals surface area contributed by atoms with Crippen LogP contribution in [-0.2, 0) is 6.42 Å². The molecule has 1 amide bonds. The van der Waals surface area contributed by atoms with Crippen molar-refractivity contribution in [1.29, 1.82) is 0 Å². The van der Waals surface area contributed by atoms with E-state index in [1.807, 2.05) is 19.9 Å². The molecule has 24 heavy (non-hydrogen) atoms. The molecule has 0 fully saturated rings. The second-order valence-electron chi connectivity index (χ2n) is 5.60. The predicted molar refractivity (Wildman–Crippen MR) is 93.5 cm³/mol. The van der Waals surface area contributed by atoms with E-state index in [1.54, 1.807) is 12.1 Å². The van der Waals surface area contributed by atoms with Gasteiger partial charge in [0.05, 0.1) is 17.9 Å². The Morgan fingerprint density at radius 1 is 1.42 bits per heavy atom. The number of carbonyl (C=O) groups is 1. The van der Waals surface area contributed by atoms with Crippen molar-refractivity contribution in [2.45, 2.75) is 26.4 Å². The smallest absolute Gasteiger partial charge is 0.258 e. The predicted octanol–water partition coefficient (Wildman–Crippen LogP) is 4.56. The van der Waals surface area contributed by atoms with Gasteiger partial charge < -0.3 is 14.8 Å². The number of benzene rings is 2. The van der Waals surface area contributed by atoms with Gasteiger partial charge in [-0.05, 0) is 38.1 Å². The average Bonchev–Trinajstić information content (AvgIpc) is 2.89. The largest absolute Gasteiger partial charge is 0.492 e. The van der Waals surface area contributed by atoms with E-state index in [0.29, 0.717) is 22.5 Å². The summed E-state index contributed by atoms with van der Waals surface area (Å²) < 4.78 is 25.9. The first-order valence-electron chi connectivity index (χ1n) is 7.70. The van der Waals surface area contributed by atoms with E-state index in [2.05, 4.69) is 21.2 Å². The molecule has 0 aliphatic carbocycles. The third kappa shape index (κ3) is 3.38. The van der Waals surface area contributed by atoms with Crippen LogP contribution in [0.15, 0.2) is 34.8 Å². The number of anilines is 1. The lowest BCUT2D eigenvalue weighted by molar-refractivity contribution is 0.102. The highest BCUT2D eigenvalue weighted by atomic mass is 79.9. The van der Waals surface area contributed by atoms with Gasteiger partial charge in [-0.25, -0.2) is 4.39 Å². The van der Waals surface area contributed by atoms with Crippen LogP contribution in [0, 0.1) is 5.82 Å². The van der Waals surface area contributed by atoms with Crippen molar-refractivity contribution in [2.24, 2.45) is 0 Å². The molecule has 0 aromatic heterocycles. The van der Waals surface area contributed by atoms with Crippen molar-refractivity contribution >= 4 is 27.5 Å². The molecule has 1 aliphatic rings. The summed E-state index contributed by atoms with van der Waals surface area (Å²) in [7, 11) is 0. The Bertz CT molecular complexity index is 794. The van der Waals surface area contributed by atoms with E-state index in [-0.39, 0.29) is 11.7 Å². The first kappa shape index (κ1) is 16.8. The van der Waals surface area contributed by atoms with Crippen LogP contribution in [0.3, 0.4) is 0 Å². The summed E-state index contributed by atoms with van der Waals surface area (Å²) in [6, 6.07) is 7.84. The number of halogens is 2. The Morgan fingerprint density at radius 2 is 2.21 bits per heavy atom. The van der Waals surface area contributed by atoms with Crippen molar-refractivity contribution in [3.63, 3.8) is 0 Å². The second-order valence-corrected chi connectivity index (χ2v) is 6.52. The molecule has 0 saturated carbocycles. The highest BCUT2D eigenvalue weighted by Gasteiger charge is 2.23. The highest BCUT2D eigenvalue weighted by Crippen LogP contribution is 2.38. The normalized spacial score (nSPS) is 15.6. The zero-order valence-electron chi connectivity index (χ0n) is 13.4. The fraction of sp³-hybridized carbons (Fsp3) is 0.278. The molecular weight excluding hydrogens is 377 g/mol. The van der Waals surface area contributed by atoms with Crippen LogP contribution in [0.2, 0.25) is 0 Å². The van der Waals surface area contributed by atoms with Gasteiger partial charge in [0.15, 0.2) is 0 Å². The zero-order chi connectivity index (χ0) is 17.3. The minimum absolute atomic E-state index is 0.0402. The fourth-order valence-electron chi connectivity index (χ4n) is 2.67. The number of carbonyl (C=O) groups excluding carboxylic acids is 1. The van der Waals surface area contributed by atoms with Crippen LogP contribution >= 0.6 is 15.9 Å². The van der Waals surface area contributed by atoms with Crippen molar-refractivity contribution in [1.82, 2.24) is 0 Å². The lowest BCUT2D eigenvalue weighted by Gasteiger charge is -2.14. The summed E-state index contributed by atoms with van der Waals surface area (Å²) in [6.07, 6.45) is 0.882. The molecule has 0 bridgehead atoms. The minimum atomic E-state index is -0.584. The van der Waals surface area contributed by atoms with E-state index in [9.17, 15) is 9.18 Å². The third-order valence-corrected chi connectivity index (χ3v) is 4.21. The van der Waals surface area contributed by atoms with Gasteiger partial charge in [-0.15, -0.1) is 0 Å². The number of fused-ring (bicyclic) bond motifs is 1. The topological polar surface area (TPSA) is 47.6 Å². The first-order valence-corrected chi connectivity index (χ1v) is 8.50. The van der Waals surface area contributed by atoms with Gasteiger partial charge in [-0.2, -0.15) is 0 Å². The Morgan fingerprint density at radius 3 is 2.96 bits per heavy atom. The maximum absolute atomic E-state index is 13.9. The lowest BCUT2D eigenvalue weighted by atomic mass is 10.1. The molecule has 1 unspecified atom stereocenters. The molecule has 1 atom stereocenters.